The molecule has 0 spiro atoms. The van der Waals surface area contributed by atoms with Crippen LogP contribution in [0.1, 0.15) is 20.7 Å². The van der Waals surface area contributed by atoms with Crippen molar-refractivity contribution < 1.29 is 14.3 Å². The number of rotatable bonds is 6. The number of anilines is 2. The fourth-order valence-electron chi connectivity index (χ4n) is 2.42. The minimum Gasteiger partial charge on any atom is -0.457 e. The van der Waals surface area contributed by atoms with Crippen LogP contribution in [0, 0.1) is 0 Å². The molecule has 0 atom stereocenters. The average molecular weight is 422 g/mol. The quantitative estimate of drug-likeness (QED) is 0.461. The van der Waals surface area contributed by atoms with Crippen molar-refractivity contribution in [2.45, 2.75) is 0 Å². The van der Waals surface area contributed by atoms with E-state index in [0.29, 0.717) is 32.9 Å². The van der Waals surface area contributed by atoms with E-state index in [1.54, 1.807) is 71.7 Å². The van der Waals surface area contributed by atoms with Crippen LogP contribution in [0.4, 0.5) is 10.3 Å². The van der Waals surface area contributed by atoms with Crippen LogP contribution < -0.4 is 15.4 Å². The molecule has 0 fully saturated rings. The van der Waals surface area contributed by atoms with Crippen molar-refractivity contribution >= 4 is 44.8 Å². The van der Waals surface area contributed by atoms with Crippen molar-refractivity contribution in [3.05, 3.63) is 82.8 Å². The first kappa shape index (κ1) is 18.8. The Morgan fingerprint density at radius 1 is 0.759 bits per heavy atom. The van der Waals surface area contributed by atoms with E-state index in [0.717, 1.165) is 0 Å². The highest BCUT2D eigenvalue weighted by Gasteiger charge is 2.10. The fraction of sp³-hybridized carbons (Fsp3) is 0. The van der Waals surface area contributed by atoms with Gasteiger partial charge in [-0.2, -0.15) is 0 Å². The lowest BCUT2D eigenvalue weighted by molar-refractivity contribution is 0.101. The molecule has 2 heterocycles. The van der Waals surface area contributed by atoms with E-state index in [2.05, 4.69) is 20.6 Å². The lowest BCUT2D eigenvalue weighted by Gasteiger charge is -2.08. The van der Waals surface area contributed by atoms with Gasteiger partial charge in [0, 0.05) is 34.3 Å². The second-order valence-corrected chi connectivity index (χ2v) is 7.53. The van der Waals surface area contributed by atoms with Crippen molar-refractivity contribution in [2.75, 3.05) is 10.6 Å². The predicted molar refractivity (Wildman–Crippen MR) is 113 cm³/mol. The summed E-state index contributed by atoms with van der Waals surface area (Å²) in [6.45, 7) is 0. The summed E-state index contributed by atoms with van der Waals surface area (Å²) in [7, 11) is 0. The van der Waals surface area contributed by atoms with E-state index in [1.807, 2.05) is 0 Å². The highest BCUT2D eigenvalue weighted by Crippen LogP contribution is 2.24. The molecule has 2 amide bonds. The highest BCUT2D eigenvalue weighted by atomic mass is 32.1. The van der Waals surface area contributed by atoms with Crippen LogP contribution in [0.2, 0.25) is 0 Å². The smallest absolute Gasteiger partial charge is 0.257 e. The molecule has 0 saturated carbocycles. The van der Waals surface area contributed by atoms with Gasteiger partial charge in [-0.15, -0.1) is 22.7 Å². The van der Waals surface area contributed by atoms with Gasteiger partial charge in [0.05, 0.1) is 0 Å². The molecular weight excluding hydrogens is 408 g/mol. The predicted octanol–water partition coefficient (Wildman–Crippen LogP) is 4.90. The molecule has 0 unspecified atom stereocenters. The number of aromatic nitrogens is 2. The number of nitrogens with zero attached hydrogens (tertiary/aromatic N) is 2. The third kappa shape index (κ3) is 4.84. The molecule has 0 aliphatic heterocycles. The first-order valence-electron chi connectivity index (χ1n) is 8.47. The zero-order chi connectivity index (χ0) is 20.1. The lowest BCUT2D eigenvalue weighted by atomic mass is 10.2. The Morgan fingerprint density at radius 2 is 1.38 bits per heavy atom. The van der Waals surface area contributed by atoms with E-state index in [4.69, 9.17) is 4.74 Å². The topological polar surface area (TPSA) is 93.2 Å². The van der Waals surface area contributed by atoms with Gasteiger partial charge in [0.1, 0.15) is 11.5 Å². The van der Waals surface area contributed by atoms with Crippen molar-refractivity contribution in [2.24, 2.45) is 0 Å². The van der Waals surface area contributed by atoms with Crippen LogP contribution in [-0.2, 0) is 0 Å². The number of hydrogen-bond acceptors (Lipinski definition) is 7. The minimum absolute atomic E-state index is 0.243. The van der Waals surface area contributed by atoms with Gasteiger partial charge in [0.2, 0.25) is 0 Å². The molecule has 7 nitrogen and oxygen atoms in total. The van der Waals surface area contributed by atoms with Gasteiger partial charge in [0.25, 0.3) is 11.8 Å². The van der Waals surface area contributed by atoms with Crippen LogP contribution in [0.3, 0.4) is 0 Å². The Balaban J connectivity index is 1.41. The third-order valence-corrected chi connectivity index (χ3v) is 5.13. The third-order valence-electron chi connectivity index (χ3n) is 3.75. The zero-order valence-corrected chi connectivity index (χ0v) is 16.5. The number of hydrogen-bond donors (Lipinski definition) is 2. The van der Waals surface area contributed by atoms with Crippen molar-refractivity contribution in [1.82, 2.24) is 9.97 Å². The first-order chi connectivity index (χ1) is 14.2. The van der Waals surface area contributed by atoms with Gasteiger partial charge < -0.3 is 4.74 Å². The van der Waals surface area contributed by atoms with Crippen LogP contribution in [0.15, 0.2) is 71.7 Å². The number of carbonyl (C=O) groups is 2. The number of nitrogens with one attached hydrogen (secondary N) is 2. The summed E-state index contributed by atoms with van der Waals surface area (Å²) in [5.74, 6) is 0.553. The number of thiazole rings is 2. The van der Waals surface area contributed by atoms with Crippen molar-refractivity contribution in [3.63, 3.8) is 0 Å². The standard InChI is InChI=1S/C20H14N4O3S2/c25-17(23-19-21-8-10-28-19)13-4-6-15(7-5-13)27-16-3-1-2-14(12-16)18(26)24-20-22-9-11-29-20/h1-12H,(H,21,23,25)(H,22,24,26). The molecule has 0 aliphatic carbocycles. The van der Waals surface area contributed by atoms with Gasteiger partial charge in [-0.1, -0.05) is 6.07 Å². The highest BCUT2D eigenvalue weighted by molar-refractivity contribution is 7.14. The zero-order valence-electron chi connectivity index (χ0n) is 14.9. The van der Waals surface area contributed by atoms with E-state index < -0.39 is 0 Å². The van der Waals surface area contributed by atoms with Crippen molar-refractivity contribution in [3.8, 4) is 11.5 Å². The van der Waals surface area contributed by atoms with Crippen molar-refractivity contribution in [1.29, 1.82) is 0 Å². The van der Waals surface area contributed by atoms with Gasteiger partial charge in [-0.05, 0) is 42.5 Å². The van der Waals surface area contributed by atoms with E-state index in [1.165, 1.54) is 22.7 Å². The van der Waals surface area contributed by atoms with Crippen LogP contribution in [0.25, 0.3) is 0 Å². The van der Waals surface area contributed by atoms with E-state index in [-0.39, 0.29) is 11.8 Å². The van der Waals surface area contributed by atoms with Crippen LogP contribution in [0.5, 0.6) is 11.5 Å². The van der Waals surface area contributed by atoms with Gasteiger partial charge in [0.15, 0.2) is 10.3 Å². The molecule has 4 aromatic rings. The summed E-state index contributed by atoms with van der Waals surface area (Å²) < 4.78 is 5.81. The Morgan fingerprint density at radius 3 is 1.97 bits per heavy atom. The molecule has 0 radical (unpaired) electrons. The molecule has 144 valence electrons. The summed E-state index contributed by atoms with van der Waals surface area (Å²) in [6, 6.07) is 13.5. The van der Waals surface area contributed by atoms with Gasteiger partial charge >= 0.3 is 0 Å². The van der Waals surface area contributed by atoms with Gasteiger partial charge in [-0.3, -0.25) is 20.2 Å². The van der Waals surface area contributed by atoms with Crippen LogP contribution in [-0.4, -0.2) is 21.8 Å². The Bertz CT molecular complexity index is 1110. The SMILES string of the molecule is O=C(Nc1nccs1)c1ccc(Oc2cccc(C(=O)Nc3nccs3)c2)cc1. The molecule has 9 heteroatoms. The summed E-state index contributed by atoms with van der Waals surface area (Å²) in [4.78, 5) is 32.6. The largest absolute Gasteiger partial charge is 0.457 e. The second-order valence-electron chi connectivity index (χ2n) is 5.74. The molecule has 0 aliphatic rings. The molecule has 4 rings (SSSR count). The van der Waals surface area contributed by atoms with Gasteiger partial charge in [-0.25, -0.2) is 9.97 Å². The fourth-order valence-corrected chi connectivity index (χ4v) is 3.47. The summed E-state index contributed by atoms with van der Waals surface area (Å²) in [5, 5.41) is 10.1. The molecule has 2 aromatic heterocycles. The molecule has 2 aromatic carbocycles. The Kier molecular flexibility index (Phi) is 5.59. The molecular formula is C20H14N4O3S2. The number of carbonyl (C=O) groups excluding carboxylic acids is 2. The Labute approximate surface area is 174 Å². The first-order valence-corrected chi connectivity index (χ1v) is 10.2. The number of benzene rings is 2. The molecule has 0 bridgehead atoms. The summed E-state index contributed by atoms with van der Waals surface area (Å²) in [5.41, 5.74) is 0.946. The Hall–Kier alpha value is -3.56. The normalized spacial score (nSPS) is 10.3. The maximum atomic E-state index is 12.3. The van der Waals surface area contributed by atoms with Crippen LogP contribution >= 0.6 is 22.7 Å². The van der Waals surface area contributed by atoms with E-state index >= 15 is 0 Å². The molecule has 29 heavy (non-hydrogen) atoms. The maximum Gasteiger partial charge on any atom is 0.257 e. The average Bonchev–Trinajstić information content (AvgIpc) is 3.43. The summed E-state index contributed by atoms with van der Waals surface area (Å²) >= 11 is 2.70. The maximum absolute atomic E-state index is 12.3. The lowest BCUT2D eigenvalue weighted by Crippen LogP contribution is -2.11. The monoisotopic (exact) mass is 422 g/mol. The second kappa shape index (κ2) is 8.63. The number of ether oxygens (including phenoxy) is 1. The summed E-state index contributed by atoms with van der Waals surface area (Å²) in [6.07, 6.45) is 3.25. The minimum atomic E-state index is -0.264. The van der Waals surface area contributed by atoms with E-state index in [9.17, 15) is 9.59 Å². The number of amides is 2. The molecule has 0 saturated heterocycles. The molecule has 2 N–H and O–H groups in total.